The minimum absolute atomic E-state index is 0.133. The smallest absolute Gasteiger partial charge is 0.255 e. The lowest BCUT2D eigenvalue weighted by Crippen LogP contribution is -2.46. The largest absolute Gasteiger partial charge is 0.368 e. The zero-order chi connectivity index (χ0) is 20.2. The van der Waals surface area contributed by atoms with Gasteiger partial charge < -0.3 is 10.2 Å². The molecule has 4 nitrogen and oxygen atoms in total. The first-order valence-corrected chi connectivity index (χ1v) is 10.6. The van der Waals surface area contributed by atoms with E-state index >= 15 is 0 Å². The van der Waals surface area contributed by atoms with Crippen molar-refractivity contribution in [2.24, 2.45) is 0 Å². The van der Waals surface area contributed by atoms with Crippen molar-refractivity contribution >= 4 is 39.7 Å². The van der Waals surface area contributed by atoms with Gasteiger partial charge in [0.1, 0.15) is 0 Å². The lowest BCUT2D eigenvalue weighted by atomic mass is 10.1. The topological polar surface area (TPSA) is 35.6 Å². The Morgan fingerprint density at radius 1 is 1.00 bits per heavy atom. The Labute approximate surface area is 177 Å². The normalized spacial score (nSPS) is 14.9. The van der Waals surface area contributed by atoms with E-state index in [9.17, 15) is 4.79 Å². The summed E-state index contributed by atoms with van der Waals surface area (Å²) in [5.41, 5.74) is 2.63. The van der Waals surface area contributed by atoms with Gasteiger partial charge in [0.25, 0.3) is 5.91 Å². The molecule has 0 atom stereocenters. The molecule has 1 fully saturated rings. The third-order valence-corrected chi connectivity index (χ3v) is 5.73. The molecule has 4 rings (SSSR count). The molecule has 1 heterocycles. The van der Waals surface area contributed by atoms with Gasteiger partial charge in [0.15, 0.2) is 0 Å². The summed E-state index contributed by atoms with van der Waals surface area (Å²) in [6, 6.07) is 19.5. The molecular formula is C24H26ClN3O. The summed E-state index contributed by atoms with van der Waals surface area (Å²) in [7, 11) is 0. The van der Waals surface area contributed by atoms with Gasteiger partial charge in [-0.05, 0) is 60.8 Å². The van der Waals surface area contributed by atoms with E-state index in [1.807, 2.05) is 6.07 Å². The number of carbonyl (C=O) groups is 1. The van der Waals surface area contributed by atoms with Gasteiger partial charge in [0, 0.05) is 53.5 Å². The van der Waals surface area contributed by atoms with Crippen molar-refractivity contribution in [2.75, 3.05) is 42.9 Å². The SMILES string of the molecule is CCCN1CCN(c2cccc3ccc(NC(=O)c4ccc(Cl)cc4)cc23)CC1. The fourth-order valence-corrected chi connectivity index (χ4v) is 4.07. The fraction of sp³-hybridized carbons (Fsp3) is 0.292. The molecule has 0 radical (unpaired) electrons. The zero-order valence-electron chi connectivity index (χ0n) is 16.7. The van der Waals surface area contributed by atoms with Gasteiger partial charge in [-0.3, -0.25) is 9.69 Å². The van der Waals surface area contributed by atoms with E-state index in [2.05, 4.69) is 52.4 Å². The number of hydrogen-bond donors (Lipinski definition) is 1. The predicted octanol–water partition coefficient (Wildman–Crippen LogP) is 5.28. The second kappa shape index (κ2) is 8.85. The maximum absolute atomic E-state index is 12.6. The lowest BCUT2D eigenvalue weighted by molar-refractivity contribution is 0.102. The molecule has 1 saturated heterocycles. The molecule has 29 heavy (non-hydrogen) atoms. The van der Waals surface area contributed by atoms with E-state index in [-0.39, 0.29) is 5.91 Å². The number of fused-ring (bicyclic) bond motifs is 1. The van der Waals surface area contributed by atoms with Gasteiger partial charge >= 0.3 is 0 Å². The van der Waals surface area contributed by atoms with Gasteiger partial charge in [-0.2, -0.15) is 0 Å². The monoisotopic (exact) mass is 407 g/mol. The number of carbonyl (C=O) groups excluding carboxylic acids is 1. The molecule has 5 heteroatoms. The number of piperazine rings is 1. The molecule has 0 aliphatic carbocycles. The summed E-state index contributed by atoms with van der Waals surface area (Å²) in [6.07, 6.45) is 1.20. The van der Waals surface area contributed by atoms with Crippen LogP contribution in [0.4, 0.5) is 11.4 Å². The summed E-state index contributed by atoms with van der Waals surface area (Å²) < 4.78 is 0. The average Bonchev–Trinajstić information content (AvgIpc) is 2.74. The van der Waals surface area contributed by atoms with Crippen LogP contribution in [0, 0.1) is 0 Å². The first kappa shape index (κ1) is 19.7. The van der Waals surface area contributed by atoms with Crippen molar-refractivity contribution in [3.05, 3.63) is 71.2 Å². The van der Waals surface area contributed by atoms with Crippen LogP contribution in [0.5, 0.6) is 0 Å². The quantitative estimate of drug-likeness (QED) is 0.625. The summed E-state index contributed by atoms with van der Waals surface area (Å²) in [6.45, 7) is 7.65. The highest BCUT2D eigenvalue weighted by atomic mass is 35.5. The third-order valence-electron chi connectivity index (χ3n) is 5.48. The Kier molecular flexibility index (Phi) is 6.02. The molecule has 1 aliphatic heterocycles. The van der Waals surface area contributed by atoms with E-state index < -0.39 is 0 Å². The van der Waals surface area contributed by atoms with E-state index in [1.165, 1.54) is 29.4 Å². The number of hydrogen-bond acceptors (Lipinski definition) is 3. The van der Waals surface area contributed by atoms with Crippen LogP contribution in [0.2, 0.25) is 5.02 Å². The number of rotatable bonds is 5. The second-order valence-corrected chi connectivity index (χ2v) is 7.94. The van der Waals surface area contributed by atoms with E-state index in [0.29, 0.717) is 10.6 Å². The lowest BCUT2D eigenvalue weighted by Gasteiger charge is -2.36. The molecule has 0 spiro atoms. The summed E-state index contributed by atoms with van der Waals surface area (Å²) in [4.78, 5) is 17.6. The van der Waals surface area contributed by atoms with Crippen molar-refractivity contribution < 1.29 is 4.79 Å². The Bertz CT molecular complexity index is 995. The predicted molar refractivity (Wildman–Crippen MR) is 122 cm³/mol. The van der Waals surface area contributed by atoms with E-state index in [0.717, 1.165) is 31.9 Å². The molecule has 150 valence electrons. The molecule has 3 aromatic carbocycles. The van der Waals surface area contributed by atoms with Crippen LogP contribution in [0.15, 0.2) is 60.7 Å². The van der Waals surface area contributed by atoms with Crippen LogP contribution >= 0.6 is 11.6 Å². The van der Waals surface area contributed by atoms with Gasteiger partial charge in [-0.15, -0.1) is 0 Å². The molecule has 1 N–H and O–H groups in total. The van der Waals surface area contributed by atoms with Crippen molar-refractivity contribution in [3.8, 4) is 0 Å². The Balaban J connectivity index is 1.56. The summed E-state index contributed by atoms with van der Waals surface area (Å²) in [5, 5.41) is 5.99. The van der Waals surface area contributed by atoms with Crippen LogP contribution in [-0.4, -0.2) is 43.5 Å². The Morgan fingerprint density at radius 3 is 2.48 bits per heavy atom. The van der Waals surface area contributed by atoms with Crippen LogP contribution in [-0.2, 0) is 0 Å². The van der Waals surface area contributed by atoms with Crippen molar-refractivity contribution in [2.45, 2.75) is 13.3 Å². The van der Waals surface area contributed by atoms with Crippen molar-refractivity contribution in [3.63, 3.8) is 0 Å². The molecule has 0 aromatic heterocycles. The standard InChI is InChI=1S/C24H26ClN3O/c1-2-12-27-13-15-28(16-14-27)23-5-3-4-18-8-11-21(17-22(18)23)26-24(29)19-6-9-20(25)10-7-19/h3-11,17H,2,12-16H2,1H3,(H,26,29). The average molecular weight is 408 g/mol. The molecule has 0 saturated carbocycles. The molecule has 1 aliphatic rings. The Morgan fingerprint density at radius 2 is 1.76 bits per heavy atom. The van der Waals surface area contributed by atoms with Crippen LogP contribution < -0.4 is 10.2 Å². The minimum Gasteiger partial charge on any atom is -0.368 e. The first-order chi connectivity index (χ1) is 14.1. The van der Waals surface area contributed by atoms with Crippen LogP contribution in [0.1, 0.15) is 23.7 Å². The van der Waals surface area contributed by atoms with Crippen molar-refractivity contribution in [1.29, 1.82) is 0 Å². The molecule has 1 amide bonds. The van der Waals surface area contributed by atoms with Crippen molar-refractivity contribution in [1.82, 2.24) is 4.90 Å². The summed E-state index contributed by atoms with van der Waals surface area (Å²) in [5.74, 6) is -0.133. The highest BCUT2D eigenvalue weighted by Gasteiger charge is 2.18. The minimum atomic E-state index is -0.133. The van der Waals surface area contributed by atoms with E-state index in [4.69, 9.17) is 11.6 Å². The fourth-order valence-electron chi connectivity index (χ4n) is 3.94. The summed E-state index contributed by atoms with van der Waals surface area (Å²) >= 11 is 5.92. The number of anilines is 2. The number of halogens is 1. The Hall–Kier alpha value is -2.56. The number of nitrogens with one attached hydrogen (secondary N) is 1. The van der Waals surface area contributed by atoms with Crippen LogP contribution in [0.3, 0.4) is 0 Å². The van der Waals surface area contributed by atoms with Gasteiger partial charge in [-0.1, -0.05) is 36.7 Å². The zero-order valence-corrected chi connectivity index (χ0v) is 17.5. The first-order valence-electron chi connectivity index (χ1n) is 10.2. The number of amides is 1. The molecule has 3 aromatic rings. The van der Waals surface area contributed by atoms with Gasteiger partial charge in [0.05, 0.1) is 0 Å². The number of nitrogens with zero attached hydrogens (tertiary/aromatic N) is 2. The maximum Gasteiger partial charge on any atom is 0.255 e. The highest BCUT2D eigenvalue weighted by molar-refractivity contribution is 6.30. The third kappa shape index (κ3) is 4.55. The molecule has 0 unspecified atom stereocenters. The van der Waals surface area contributed by atoms with Gasteiger partial charge in [-0.25, -0.2) is 0 Å². The molecule has 0 bridgehead atoms. The van der Waals surface area contributed by atoms with Crippen LogP contribution in [0.25, 0.3) is 10.8 Å². The second-order valence-electron chi connectivity index (χ2n) is 7.50. The van der Waals surface area contributed by atoms with Gasteiger partial charge in [0.2, 0.25) is 0 Å². The van der Waals surface area contributed by atoms with E-state index in [1.54, 1.807) is 24.3 Å². The molecular weight excluding hydrogens is 382 g/mol. The maximum atomic E-state index is 12.6. The highest BCUT2D eigenvalue weighted by Crippen LogP contribution is 2.30. The number of benzene rings is 3.